The average molecular weight is 457 g/mol. The van der Waals surface area contributed by atoms with Crippen LogP contribution >= 0.6 is 0 Å². The van der Waals surface area contributed by atoms with E-state index in [0.717, 1.165) is 39.1 Å². The summed E-state index contributed by atoms with van der Waals surface area (Å²) in [5, 5.41) is 8.77. The Hall–Kier alpha value is -3.67. The van der Waals surface area contributed by atoms with Crippen molar-refractivity contribution in [2.45, 2.75) is 60.5 Å². The molecule has 0 spiro atoms. The monoisotopic (exact) mass is 456 g/mol. The van der Waals surface area contributed by atoms with Crippen molar-refractivity contribution >= 4 is 16.9 Å². The average Bonchev–Trinajstić information content (AvgIpc) is 3.16. The SMILES string of the molecule is CCn1c(=O)c(CCC(=O)NCc2ccc(C)cc2)c(C)c2c(C)nn(-c3ccccc3C)c21. The van der Waals surface area contributed by atoms with E-state index in [-0.39, 0.29) is 17.9 Å². The van der Waals surface area contributed by atoms with Gasteiger partial charge in [0.25, 0.3) is 5.56 Å². The van der Waals surface area contributed by atoms with Crippen LogP contribution < -0.4 is 10.9 Å². The quantitative estimate of drug-likeness (QED) is 0.439. The number of aryl methyl sites for hydroxylation is 5. The lowest BCUT2D eigenvalue weighted by Crippen LogP contribution is -2.28. The zero-order valence-corrected chi connectivity index (χ0v) is 20.6. The van der Waals surface area contributed by atoms with E-state index < -0.39 is 0 Å². The number of carbonyl (C=O) groups excluding carboxylic acids is 1. The van der Waals surface area contributed by atoms with E-state index in [1.807, 2.05) is 87.8 Å². The molecule has 0 radical (unpaired) electrons. The van der Waals surface area contributed by atoms with Crippen molar-refractivity contribution in [3.8, 4) is 5.69 Å². The zero-order chi connectivity index (χ0) is 24.4. The summed E-state index contributed by atoms with van der Waals surface area (Å²) in [7, 11) is 0. The molecule has 2 heterocycles. The Morgan fingerprint density at radius 3 is 2.38 bits per heavy atom. The maximum Gasteiger partial charge on any atom is 0.255 e. The van der Waals surface area contributed by atoms with Gasteiger partial charge in [0.05, 0.1) is 11.4 Å². The van der Waals surface area contributed by atoms with E-state index >= 15 is 0 Å². The number of carbonyl (C=O) groups is 1. The first kappa shape index (κ1) is 23.5. The summed E-state index contributed by atoms with van der Waals surface area (Å²) < 4.78 is 3.67. The lowest BCUT2D eigenvalue weighted by molar-refractivity contribution is -0.121. The number of hydrogen-bond acceptors (Lipinski definition) is 3. The molecule has 0 aliphatic heterocycles. The number of nitrogens with one attached hydrogen (secondary N) is 1. The summed E-state index contributed by atoms with van der Waals surface area (Å²) in [6.45, 7) is 11.0. The molecule has 34 heavy (non-hydrogen) atoms. The molecular weight excluding hydrogens is 424 g/mol. The maximum absolute atomic E-state index is 13.5. The number of amides is 1. The maximum atomic E-state index is 13.5. The largest absolute Gasteiger partial charge is 0.352 e. The minimum Gasteiger partial charge on any atom is -0.352 e. The van der Waals surface area contributed by atoms with Crippen molar-refractivity contribution in [2.75, 3.05) is 0 Å². The topological polar surface area (TPSA) is 68.9 Å². The zero-order valence-electron chi connectivity index (χ0n) is 20.6. The van der Waals surface area contributed by atoms with Crippen molar-refractivity contribution in [1.29, 1.82) is 0 Å². The van der Waals surface area contributed by atoms with Crippen LogP contribution in [0.2, 0.25) is 0 Å². The van der Waals surface area contributed by atoms with Crippen LogP contribution in [0.3, 0.4) is 0 Å². The van der Waals surface area contributed by atoms with Crippen molar-refractivity contribution in [3.63, 3.8) is 0 Å². The van der Waals surface area contributed by atoms with Crippen molar-refractivity contribution in [3.05, 3.63) is 92.4 Å². The van der Waals surface area contributed by atoms with Crippen molar-refractivity contribution < 1.29 is 4.79 Å². The molecule has 0 saturated heterocycles. The molecule has 0 aliphatic carbocycles. The number of rotatable bonds is 7. The lowest BCUT2D eigenvalue weighted by Gasteiger charge is -2.15. The fraction of sp³-hybridized carbons (Fsp3) is 0.321. The fourth-order valence-corrected chi connectivity index (χ4v) is 4.56. The first-order valence-corrected chi connectivity index (χ1v) is 11.8. The number of fused-ring (bicyclic) bond motifs is 1. The second kappa shape index (κ2) is 9.67. The first-order valence-electron chi connectivity index (χ1n) is 11.8. The van der Waals surface area contributed by atoms with Gasteiger partial charge in [-0.15, -0.1) is 0 Å². The number of para-hydroxylation sites is 1. The van der Waals surface area contributed by atoms with E-state index in [1.165, 1.54) is 5.56 Å². The second-order valence-electron chi connectivity index (χ2n) is 8.90. The van der Waals surface area contributed by atoms with Crippen LogP contribution in [0.25, 0.3) is 16.7 Å². The van der Waals surface area contributed by atoms with E-state index in [2.05, 4.69) is 5.32 Å². The molecule has 1 amide bonds. The Labute approximate surface area is 200 Å². The third-order valence-electron chi connectivity index (χ3n) is 6.49. The summed E-state index contributed by atoms with van der Waals surface area (Å²) in [5.41, 5.74) is 7.54. The van der Waals surface area contributed by atoms with E-state index in [0.29, 0.717) is 25.1 Å². The van der Waals surface area contributed by atoms with Crippen LogP contribution in [0.1, 0.15) is 46.9 Å². The molecule has 0 saturated carbocycles. The first-order chi connectivity index (χ1) is 16.3. The van der Waals surface area contributed by atoms with Gasteiger partial charge in [-0.1, -0.05) is 48.0 Å². The van der Waals surface area contributed by atoms with Gasteiger partial charge in [0, 0.05) is 30.5 Å². The lowest BCUT2D eigenvalue weighted by atomic mass is 10.0. The summed E-state index contributed by atoms with van der Waals surface area (Å²) in [4.78, 5) is 26.1. The van der Waals surface area contributed by atoms with Gasteiger partial charge in [-0.05, 0) is 63.8 Å². The normalized spacial score (nSPS) is 11.2. The molecular formula is C28H32N4O2. The van der Waals surface area contributed by atoms with Crippen molar-refractivity contribution in [2.24, 2.45) is 0 Å². The Kier molecular flexibility index (Phi) is 6.68. The van der Waals surface area contributed by atoms with E-state index in [9.17, 15) is 9.59 Å². The molecule has 4 rings (SSSR count). The Bertz CT molecular complexity index is 1410. The number of hydrogen-bond donors (Lipinski definition) is 1. The Balaban J connectivity index is 1.64. The Morgan fingerprint density at radius 1 is 1.00 bits per heavy atom. The number of aromatic nitrogens is 3. The molecule has 0 aliphatic rings. The highest BCUT2D eigenvalue weighted by Crippen LogP contribution is 2.27. The number of benzene rings is 2. The van der Waals surface area contributed by atoms with Crippen molar-refractivity contribution in [1.82, 2.24) is 19.7 Å². The highest BCUT2D eigenvalue weighted by molar-refractivity contribution is 5.85. The van der Waals surface area contributed by atoms with Crippen LogP contribution in [-0.4, -0.2) is 20.3 Å². The molecule has 0 bridgehead atoms. The molecule has 6 heteroatoms. The summed E-state index contributed by atoms with van der Waals surface area (Å²) in [5.74, 6) is -0.0603. The molecule has 2 aromatic carbocycles. The molecule has 0 atom stereocenters. The summed E-state index contributed by atoms with van der Waals surface area (Å²) in [6, 6.07) is 16.1. The van der Waals surface area contributed by atoms with Gasteiger partial charge in [0.2, 0.25) is 5.91 Å². The van der Waals surface area contributed by atoms with Gasteiger partial charge in [0.1, 0.15) is 5.65 Å². The third-order valence-corrected chi connectivity index (χ3v) is 6.49. The van der Waals surface area contributed by atoms with Crippen LogP contribution in [-0.2, 0) is 24.3 Å². The predicted molar refractivity (Wildman–Crippen MR) is 137 cm³/mol. The number of pyridine rings is 1. The molecule has 6 nitrogen and oxygen atoms in total. The van der Waals surface area contributed by atoms with Gasteiger partial charge >= 0.3 is 0 Å². The Morgan fingerprint density at radius 2 is 1.71 bits per heavy atom. The van der Waals surface area contributed by atoms with Crippen LogP contribution in [0.4, 0.5) is 0 Å². The molecule has 2 aromatic heterocycles. The predicted octanol–water partition coefficient (Wildman–Crippen LogP) is 4.69. The minimum atomic E-state index is -0.0603. The highest BCUT2D eigenvalue weighted by atomic mass is 16.1. The van der Waals surface area contributed by atoms with Gasteiger partial charge in [-0.3, -0.25) is 14.2 Å². The summed E-state index contributed by atoms with van der Waals surface area (Å²) >= 11 is 0. The van der Waals surface area contributed by atoms with Crippen LogP contribution in [0.5, 0.6) is 0 Å². The van der Waals surface area contributed by atoms with Gasteiger partial charge in [-0.25, -0.2) is 4.68 Å². The molecule has 0 unspecified atom stereocenters. The van der Waals surface area contributed by atoms with Crippen LogP contribution in [0.15, 0.2) is 53.3 Å². The van der Waals surface area contributed by atoms with Gasteiger partial charge in [0.15, 0.2) is 0 Å². The molecule has 176 valence electrons. The third kappa shape index (κ3) is 4.40. The molecule has 0 fully saturated rings. The van der Waals surface area contributed by atoms with E-state index in [4.69, 9.17) is 5.10 Å². The summed E-state index contributed by atoms with van der Waals surface area (Å²) in [6.07, 6.45) is 0.664. The standard InChI is InChI=1S/C28H32N4O2/c1-6-31-27-26(21(5)30-32(27)24-10-8-7-9-19(24)3)20(4)23(28(31)34)15-16-25(33)29-17-22-13-11-18(2)12-14-22/h7-14H,6,15-17H2,1-5H3,(H,29,33). The van der Waals surface area contributed by atoms with Gasteiger partial charge < -0.3 is 5.32 Å². The minimum absolute atomic E-state index is 0.0476. The fourth-order valence-electron chi connectivity index (χ4n) is 4.56. The highest BCUT2D eigenvalue weighted by Gasteiger charge is 2.21. The molecule has 4 aromatic rings. The van der Waals surface area contributed by atoms with Gasteiger partial charge in [-0.2, -0.15) is 5.10 Å². The molecule has 1 N–H and O–H groups in total. The second-order valence-corrected chi connectivity index (χ2v) is 8.90. The van der Waals surface area contributed by atoms with E-state index in [1.54, 1.807) is 4.57 Å². The smallest absolute Gasteiger partial charge is 0.255 e. The van der Waals surface area contributed by atoms with Crippen LogP contribution in [0, 0.1) is 27.7 Å². The number of nitrogens with zero attached hydrogens (tertiary/aromatic N) is 3.